The summed E-state index contributed by atoms with van der Waals surface area (Å²) in [7, 11) is 0. The Hall–Kier alpha value is -2.48. The fraction of sp³-hybridized carbons (Fsp3) is 0.577. The molecule has 0 fully saturated rings. The van der Waals surface area contributed by atoms with Gasteiger partial charge in [-0.2, -0.15) is 12.6 Å². The number of thiol groups is 1. The fourth-order valence-corrected chi connectivity index (χ4v) is 3.64. The molecule has 3 amide bonds. The zero-order chi connectivity index (χ0) is 25.9. The molecule has 0 aromatic heterocycles. The van der Waals surface area contributed by atoms with E-state index >= 15 is 0 Å². The molecule has 1 aromatic rings. The molecule has 7 nitrogen and oxygen atoms in total. The van der Waals surface area contributed by atoms with Gasteiger partial charge in [-0.15, -0.1) is 6.58 Å². The molecule has 0 saturated carbocycles. The van der Waals surface area contributed by atoms with Crippen LogP contribution in [-0.2, 0) is 14.3 Å². The maximum Gasteiger partial charge on any atom is 0.408 e. The molecule has 2 unspecified atom stereocenters. The van der Waals surface area contributed by atoms with Crippen LogP contribution in [0.5, 0.6) is 0 Å². The van der Waals surface area contributed by atoms with E-state index in [2.05, 4.69) is 36.8 Å². The van der Waals surface area contributed by atoms with E-state index in [0.717, 1.165) is 30.4 Å². The molecule has 1 aromatic carbocycles. The number of nitrogens with one attached hydrogen (secondary N) is 2. The Bertz CT molecular complexity index is 851. The summed E-state index contributed by atoms with van der Waals surface area (Å²) in [5, 5.41) is 5.57. The van der Waals surface area contributed by atoms with Gasteiger partial charge >= 0.3 is 6.09 Å². The van der Waals surface area contributed by atoms with E-state index in [1.165, 1.54) is 4.90 Å². The van der Waals surface area contributed by atoms with Gasteiger partial charge in [0.05, 0.1) is 0 Å². The number of unbranched alkanes of at least 4 members (excludes halogenated alkanes) is 2. The Labute approximate surface area is 210 Å². The van der Waals surface area contributed by atoms with Crippen LogP contribution in [0.4, 0.5) is 4.79 Å². The van der Waals surface area contributed by atoms with Crippen molar-refractivity contribution in [1.82, 2.24) is 15.5 Å². The first kappa shape index (κ1) is 29.6. The van der Waals surface area contributed by atoms with E-state index in [4.69, 9.17) is 4.74 Å². The zero-order valence-electron chi connectivity index (χ0n) is 21.4. The molecule has 0 saturated heterocycles. The zero-order valence-corrected chi connectivity index (χ0v) is 22.3. The molecule has 34 heavy (non-hydrogen) atoms. The van der Waals surface area contributed by atoms with Gasteiger partial charge in [0.25, 0.3) is 0 Å². The highest BCUT2D eigenvalue weighted by molar-refractivity contribution is 7.80. The molecular formula is C26H41N3O4S. The van der Waals surface area contributed by atoms with Gasteiger partial charge < -0.3 is 20.3 Å². The normalized spacial score (nSPS) is 12.9. The van der Waals surface area contributed by atoms with Crippen molar-refractivity contribution >= 4 is 30.5 Å². The minimum atomic E-state index is -0.972. The number of carbonyl (C=O) groups is 3. The summed E-state index contributed by atoms with van der Waals surface area (Å²) in [6.45, 7) is 15.7. The first-order chi connectivity index (χ1) is 15.9. The molecule has 0 aliphatic heterocycles. The van der Waals surface area contributed by atoms with Crippen molar-refractivity contribution in [2.75, 3.05) is 18.8 Å². The van der Waals surface area contributed by atoms with Gasteiger partial charge in [-0.05, 0) is 57.7 Å². The van der Waals surface area contributed by atoms with Crippen molar-refractivity contribution in [2.45, 2.75) is 78.5 Å². The van der Waals surface area contributed by atoms with Crippen LogP contribution < -0.4 is 10.6 Å². The van der Waals surface area contributed by atoms with E-state index in [0.29, 0.717) is 12.1 Å². The first-order valence-corrected chi connectivity index (χ1v) is 12.4. The van der Waals surface area contributed by atoms with E-state index in [-0.39, 0.29) is 18.2 Å². The van der Waals surface area contributed by atoms with E-state index in [1.54, 1.807) is 26.8 Å². The van der Waals surface area contributed by atoms with Crippen LogP contribution in [0.1, 0.15) is 69.7 Å². The number of carbonyl (C=O) groups excluding carboxylic acids is 3. The lowest BCUT2D eigenvalue weighted by Gasteiger charge is -2.33. The third kappa shape index (κ3) is 9.41. The third-order valence-corrected chi connectivity index (χ3v) is 5.63. The van der Waals surface area contributed by atoms with Gasteiger partial charge in [-0.25, -0.2) is 4.79 Å². The number of hydrogen-bond acceptors (Lipinski definition) is 5. The smallest absolute Gasteiger partial charge is 0.408 e. The molecule has 0 radical (unpaired) electrons. The Morgan fingerprint density at radius 2 is 1.85 bits per heavy atom. The Balaban J connectivity index is 3.30. The molecule has 0 aliphatic rings. The SMILES string of the molecule is C=CCN(C(=O)C(CS)NC(=O)OC(C)(C)C)C(C(=O)NCCCCC)c1ccc(C)c(C)c1. The summed E-state index contributed by atoms with van der Waals surface area (Å²) < 4.78 is 5.30. The minimum absolute atomic E-state index is 0.0451. The molecule has 8 heteroatoms. The standard InChI is InChI=1S/C26H41N3O4S/c1-8-10-11-14-27-23(30)22(20-13-12-18(3)19(4)16-20)29(15-9-2)24(31)21(17-34)28-25(32)33-26(5,6)7/h9,12-13,16,21-22,34H,2,8,10-11,14-15,17H2,1,3-7H3,(H,27,30)(H,28,32). The molecular weight excluding hydrogens is 450 g/mol. The lowest BCUT2D eigenvalue weighted by molar-refractivity contribution is -0.141. The fourth-order valence-electron chi connectivity index (χ4n) is 3.39. The van der Waals surface area contributed by atoms with E-state index < -0.39 is 29.7 Å². The largest absolute Gasteiger partial charge is 0.444 e. The summed E-state index contributed by atoms with van der Waals surface area (Å²) in [5.41, 5.74) is 2.09. The maximum absolute atomic E-state index is 13.6. The van der Waals surface area contributed by atoms with Crippen molar-refractivity contribution in [2.24, 2.45) is 0 Å². The Morgan fingerprint density at radius 1 is 1.18 bits per heavy atom. The Kier molecular flexibility index (Phi) is 12.2. The quantitative estimate of drug-likeness (QED) is 0.228. The number of nitrogens with zero attached hydrogens (tertiary/aromatic N) is 1. The van der Waals surface area contributed by atoms with Crippen LogP contribution in [-0.4, -0.2) is 53.3 Å². The van der Waals surface area contributed by atoms with E-state index in [9.17, 15) is 14.4 Å². The highest BCUT2D eigenvalue weighted by Gasteiger charge is 2.35. The van der Waals surface area contributed by atoms with Crippen LogP contribution in [0.3, 0.4) is 0 Å². The Morgan fingerprint density at radius 3 is 2.38 bits per heavy atom. The van der Waals surface area contributed by atoms with Gasteiger partial charge in [0, 0.05) is 18.8 Å². The van der Waals surface area contributed by atoms with Crippen LogP contribution >= 0.6 is 12.6 Å². The third-order valence-electron chi connectivity index (χ3n) is 5.27. The van der Waals surface area contributed by atoms with Gasteiger partial charge in [-0.3, -0.25) is 9.59 Å². The van der Waals surface area contributed by atoms with E-state index in [1.807, 2.05) is 32.0 Å². The minimum Gasteiger partial charge on any atom is -0.444 e. The van der Waals surface area contributed by atoms with Gasteiger partial charge in [0.15, 0.2) is 0 Å². The second kappa shape index (κ2) is 14.0. The first-order valence-electron chi connectivity index (χ1n) is 11.8. The van der Waals surface area contributed by atoms with Crippen molar-refractivity contribution in [3.63, 3.8) is 0 Å². The average molecular weight is 492 g/mol. The van der Waals surface area contributed by atoms with Crippen LogP contribution in [0.2, 0.25) is 0 Å². The summed E-state index contributed by atoms with van der Waals surface area (Å²) in [6.07, 6.45) is 3.75. The molecule has 1 rings (SSSR count). The van der Waals surface area contributed by atoms with Gasteiger partial charge in [0.2, 0.25) is 11.8 Å². The lowest BCUT2D eigenvalue weighted by Crippen LogP contribution is -2.53. The molecule has 0 bridgehead atoms. The van der Waals surface area contributed by atoms with Gasteiger partial charge in [0.1, 0.15) is 17.7 Å². The summed E-state index contributed by atoms with van der Waals surface area (Å²) in [4.78, 5) is 40.7. The molecule has 0 aliphatic carbocycles. The molecule has 0 spiro atoms. The summed E-state index contributed by atoms with van der Waals surface area (Å²) in [6, 6.07) is 3.87. The molecule has 2 atom stereocenters. The number of aryl methyl sites for hydroxylation is 2. The predicted octanol–water partition coefficient (Wildman–Crippen LogP) is 4.49. The second-order valence-corrected chi connectivity index (χ2v) is 9.77. The number of amides is 3. The molecule has 0 heterocycles. The highest BCUT2D eigenvalue weighted by Crippen LogP contribution is 2.25. The number of rotatable bonds is 12. The van der Waals surface area contributed by atoms with Crippen LogP contribution in [0.25, 0.3) is 0 Å². The van der Waals surface area contributed by atoms with Crippen molar-refractivity contribution in [3.05, 3.63) is 47.5 Å². The van der Waals surface area contributed by atoms with Crippen molar-refractivity contribution < 1.29 is 19.1 Å². The summed E-state index contributed by atoms with van der Waals surface area (Å²) in [5.74, 6) is -0.666. The predicted molar refractivity (Wildman–Crippen MR) is 140 cm³/mol. The number of ether oxygens (including phenoxy) is 1. The highest BCUT2D eigenvalue weighted by atomic mass is 32.1. The lowest BCUT2D eigenvalue weighted by atomic mass is 9.98. The molecule has 190 valence electrons. The summed E-state index contributed by atoms with van der Waals surface area (Å²) >= 11 is 4.28. The second-order valence-electron chi connectivity index (χ2n) is 9.41. The maximum atomic E-state index is 13.6. The van der Waals surface area contributed by atoms with Crippen LogP contribution in [0, 0.1) is 13.8 Å². The van der Waals surface area contributed by atoms with Gasteiger partial charge in [-0.1, -0.05) is 44.0 Å². The van der Waals surface area contributed by atoms with Crippen molar-refractivity contribution in [3.8, 4) is 0 Å². The van der Waals surface area contributed by atoms with Crippen LogP contribution in [0.15, 0.2) is 30.9 Å². The average Bonchev–Trinajstić information content (AvgIpc) is 2.75. The number of benzene rings is 1. The topological polar surface area (TPSA) is 87.7 Å². The number of hydrogen-bond donors (Lipinski definition) is 3. The monoisotopic (exact) mass is 491 g/mol. The van der Waals surface area contributed by atoms with Crippen molar-refractivity contribution in [1.29, 1.82) is 0 Å². The number of alkyl carbamates (subject to hydrolysis) is 1. The molecule has 2 N–H and O–H groups in total.